The van der Waals surface area contributed by atoms with E-state index in [4.69, 9.17) is 11.6 Å². The number of aromatic nitrogens is 1. The quantitative estimate of drug-likeness (QED) is 0.647. The van der Waals surface area contributed by atoms with Crippen LogP contribution in [0.3, 0.4) is 0 Å². The molecular weight excluding hydrogens is 170 g/mol. The maximum absolute atomic E-state index is 6.04. The van der Waals surface area contributed by atoms with Crippen LogP contribution in [0.1, 0.15) is 37.2 Å². The minimum absolute atomic E-state index is 0.695. The van der Waals surface area contributed by atoms with Crippen LogP contribution in [0.15, 0.2) is 18.5 Å². The first-order chi connectivity index (χ1) is 5.88. The number of pyridine rings is 1. The van der Waals surface area contributed by atoms with E-state index in [-0.39, 0.29) is 0 Å². The van der Waals surface area contributed by atoms with Crippen molar-refractivity contribution in [3.63, 3.8) is 0 Å². The van der Waals surface area contributed by atoms with Gasteiger partial charge in [-0.15, -0.1) is 0 Å². The van der Waals surface area contributed by atoms with Gasteiger partial charge in [0, 0.05) is 12.4 Å². The molecule has 1 saturated carbocycles. The van der Waals surface area contributed by atoms with Crippen LogP contribution in [-0.2, 0) is 0 Å². The Balaban J connectivity index is 2.26. The van der Waals surface area contributed by atoms with Crippen LogP contribution in [0.2, 0.25) is 5.02 Å². The summed E-state index contributed by atoms with van der Waals surface area (Å²) in [5, 5.41) is 0.837. The molecule has 0 N–H and O–H groups in total. The highest BCUT2D eigenvalue weighted by molar-refractivity contribution is 6.31. The van der Waals surface area contributed by atoms with Crippen LogP contribution in [0.5, 0.6) is 0 Å². The molecule has 1 nitrogen and oxygen atoms in total. The Labute approximate surface area is 77.8 Å². The lowest BCUT2D eigenvalue weighted by Gasteiger charge is -2.09. The first-order valence-electron chi connectivity index (χ1n) is 4.47. The second kappa shape index (κ2) is 3.44. The van der Waals surface area contributed by atoms with Crippen molar-refractivity contribution >= 4 is 11.6 Å². The summed E-state index contributed by atoms with van der Waals surface area (Å²) in [6.07, 6.45) is 8.87. The first kappa shape index (κ1) is 8.06. The Kier molecular flexibility index (Phi) is 2.31. The van der Waals surface area contributed by atoms with Gasteiger partial charge in [-0.3, -0.25) is 4.98 Å². The minimum Gasteiger partial charge on any atom is -0.263 e. The summed E-state index contributed by atoms with van der Waals surface area (Å²) < 4.78 is 0. The molecule has 1 heterocycles. The van der Waals surface area contributed by atoms with Gasteiger partial charge in [-0.25, -0.2) is 0 Å². The summed E-state index contributed by atoms with van der Waals surface area (Å²) in [7, 11) is 0. The lowest BCUT2D eigenvalue weighted by Crippen LogP contribution is -1.93. The standard InChI is InChI=1S/C10H12ClN/c11-10-7-12-6-5-9(10)8-3-1-2-4-8/h5-8H,1-4H2. The Hall–Kier alpha value is -0.560. The van der Waals surface area contributed by atoms with E-state index < -0.39 is 0 Å². The number of nitrogens with zero attached hydrogens (tertiary/aromatic N) is 1. The highest BCUT2D eigenvalue weighted by atomic mass is 35.5. The van der Waals surface area contributed by atoms with Crippen LogP contribution >= 0.6 is 11.6 Å². The van der Waals surface area contributed by atoms with E-state index in [2.05, 4.69) is 11.1 Å². The first-order valence-corrected chi connectivity index (χ1v) is 4.85. The maximum Gasteiger partial charge on any atom is 0.0624 e. The van der Waals surface area contributed by atoms with Gasteiger partial charge in [0.25, 0.3) is 0 Å². The third-order valence-corrected chi connectivity index (χ3v) is 2.91. The summed E-state index contributed by atoms with van der Waals surface area (Å²) in [4.78, 5) is 3.98. The number of hydrogen-bond donors (Lipinski definition) is 0. The number of rotatable bonds is 1. The zero-order valence-corrected chi connectivity index (χ0v) is 7.72. The van der Waals surface area contributed by atoms with E-state index in [1.54, 1.807) is 6.20 Å². The monoisotopic (exact) mass is 181 g/mol. The number of hydrogen-bond acceptors (Lipinski definition) is 1. The van der Waals surface area contributed by atoms with E-state index in [1.165, 1.54) is 31.2 Å². The minimum atomic E-state index is 0.695. The van der Waals surface area contributed by atoms with Gasteiger partial charge in [0.15, 0.2) is 0 Å². The zero-order valence-electron chi connectivity index (χ0n) is 6.96. The average molecular weight is 182 g/mol. The predicted octanol–water partition coefficient (Wildman–Crippen LogP) is 3.39. The maximum atomic E-state index is 6.04. The van der Waals surface area contributed by atoms with Crippen molar-refractivity contribution in [2.24, 2.45) is 0 Å². The van der Waals surface area contributed by atoms with Gasteiger partial charge in [0.2, 0.25) is 0 Å². The summed E-state index contributed by atoms with van der Waals surface area (Å²) in [5.41, 5.74) is 1.30. The highest BCUT2D eigenvalue weighted by Gasteiger charge is 2.18. The second-order valence-electron chi connectivity index (χ2n) is 3.38. The molecule has 0 bridgehead atoms. The van der Waals surface area contributed by atoms with Crippen LogP contribution in [-0.4, -0.2) is 4.98 Å². The van der Waals surface area contributed by atoms with Crippen LogP contribution in [0.25, 0.3) is 0 Å². The Bertz CT molecular complexity index is 266. The van der Waals surface area contributed by atoms with Gasteiger partial charge in [-0.1, -0.05) is 24.4 Å². The molecule has 1 aromatic rings. The van der Waals surface area contributed by atoms with Gasteiger partial charge in [0.1, 0.15) is 0 Å². The molecule has 0 unspecified atom stereocenters. The summed E-state index contributed by atoms with van der Waals surface area (Å²) in [5.74, 6) is 0.695. The molecule has 0 spiro atoms. The molecule has 1 aliphatic rings. The highest BCUT2D eigenvalue weighted by Crippen LogP contribution is 2.36. The Morgan fingerprint density at radius 3 is 2.75 bits per heavy atom. The second-order valence-corrected chi connectivity index (χ2v) is 3.79. The van der Waals surface area contributed by atoms with Gasteiger partial charge < -0.3 is 0 Å². The molecule has 64 valence electrons. The molecule has 1 aliphatic carbocycles. The molecular formula is C10H12ClN. The van der Waals surface area contributed by atoms with E-state index >= 15 is 0 Å². The predicted molar refractivity (Wildman–Crippen MR) is 50.5 cm³/mol. The molecule has 0 aliphatic heterocycles. The van der Waals surface area contributed by atoms with Crippen molar-refractivity contribution < 1.29 is 0 Å². The lowest BCUT2D eigenvalue weighted by molar-refractivity contribution is 0.722. The van der Waals surface area contributed by atoms with Crippen LogP contribution in [0, 0.1) is 0 Å². The topological polar surface area (TPSA) is 12.9 Å². The molecule has 0 aromatic carbocycles. The van der Waals surface area contributed by atoms with Gasteiger partial charge >= 0.3 is 0 Å². The Morgan fingerprint density at radius 2 is 2.08 bits per heavy atom. The van der Waals surface area contributed by atoms with E-state index in [1.807, 2.05) is 6.20 Å². The molecule has 0 atom stereocenters. The molecule has 2 heteroatoms. The summed E-state index contributed by atoms with van der Waals surface area (Å²) in [6, 6.07) is 2.05. The van der Waals surface area contributed by atoms with Crippen molar-refractivity contribution in [2.75, 3.05) is 0 Å². The van der Waals surface area contributed by atoms with Gasteiger partial charge in [0.05, 0.1) is 5.02 Å². The van der Waals surface area contributed by atoms with Gasteiger partial charge in [-0.05, 0) is 30.4 Å². The molecule has 12 heavy (non-hydrogen) atoms. The zero-order chi connectivity index (χ0) is 8.39. The van der Waals surface area contributed by atoms with Gasteiger partial charge in [-0.2, -0.15) is 0 Å². The number of halogens is 1. The molecule has 0 saturated heterocycles. The van der Waals surface area contributed by atoms with Crippen molar-refractivity contribution in [1.29, 1.82) is 0 Å². The van der Waals surface area contributed by atoms with Crippen LogP contribution < -0.4 is 0 Å². The molecule has 0 radical (unpaired) electrons. The lowest BCUT2D eigenvalue weighted by atomic mass is 9.99. The average Bonchev–Trinajstić information content (AvgIpc) is 2.57. The van der Waals surface area contributed by atoms with Crippen molar-refractivity contribution in [1.82, 2.24) is 4.98 Å². The van der Waals surface area contributed by atoms with E-state index in [0.717, 1.165) is 5.02 Å². The fourth-order valence-corrected chi connectivity index (χ4v) is 2.23. The van der Waals surface area contributed by atoms with Crippen molar-refractivity contribution in [3.8, 4) is 0 Å². The molecule has 0 amide bonds. The fourth-order valence-electron chi connectivity index (χ4n) is 1.95. The SMILES string of the molecule is Clc1cnccc1C1CCCC1. The smallest absolute Gasteiger partial charge is 0.0624 e. The van der Waals surface area contributed by atoms with Crippen LogP contribution in [0.4, 0.5) is 0 Å². The molecule has 1 fully saturated rings. The Morgan fingerprint density at radius 1 is 1.33 bits per heavy atom. The normalized spacial score (nSPS) is 18.4. The molecule has 2 rings (SSSR count). The van der Waals surface area contributed by atoms with E-state index in [0.29, 0.717) is 5.92 Å². The summed E-state index contributed by atoms with van der Waals surface area (Å²) >= 11 is 6.04. The summed E-state index contributed by atoms with van der Waals surface area (Å²) in [6.45, 7) is 0. The van der Waals surface area contributed by atoms with Crippen molar-refractivity contribution in [2.45, 2.75) is 31.6 Å². The van der Waals surface area contributed by atoms with Crippen molar-refractivity contribution in [3.05, 3.63) is 29.0 Å². The third-order valence-electron chi connectivity index (χ3n) is 2.60. The molecule has 1 aromatic heterocycles. The van der Waals surface area contributed by atoms with E-state index in [9.17, 15) is 0 Å². The third kappa shape index (κ3) is 1.46. The largest absolute Gasteiger partial charge is 0.263 e. The fraction of sp³-hybridized carbons (Fsp3) is 0.500.